The largest absolute Gasteiger partial charge is 0.495 e. The van der Waals surface area contributed by atoms with Crippen LogP contribution in [0.1, 0.15) is 16.8 Å². The van der Waals surface area contributed by atoms with Crippen molar-refractivity contribution in [1.82, 2.24) is 4.90 Å². The zero-order valence-electron chi connectivity index (χ0n) is 18.1. The van der Waals surface area contributed by atoms with Crippen LogP contribution in [0.15, 0.2) is 60.7 Å². The first-order chi connectivity index (χ1) is 16.0. The number of carbonyl (C=O) groups is 3. The molecule has 5 aliphatic rings. The van der Waals surface area contributed by atoms with Gasteiger partial charge in [-0.05, 0) is 66.5 Å². The van der Waals surface area contributed by atoms with E-state index >= 15 is 0 Å². The van der Waals surface area contributed by atoms with Crippen molar-refractivity contribution in [3.05, 3.63) is 71.3 Å². The number of likely N-dealkylation sites (tertiary alicyclic amines) is 1. The minimum Gasteiger partial charge on any atom is -0.495 e. The molecule has 6 atom stereocenters. The van der Waals surface area contributed by atoms with Crippen molar-refractivity contribution >= 4 is 35.0 Å². The SMILES string of the molecule is COc1ccccc1N(CN1C(=O)[C@H]2[C@@H]3C=C[C@H]([C@H]4C[C@H]34)[C@@H]2C1=O)C(=O)c1ccc(Cl)cc1. The van der Waals surface area contributed by atoms with Gasteiger partial charge in [-0.3, -0.25) is 24.2 Å². The molecular formula is C26H23ClN2O4. The second-order valence-corrected chi connectivity index (χ2v) is 9.75. The lowest BCUT2D eigenvalue weighted by atomic mass is 9.63. The van der Waals surface area contributed by atoms with Crippen LogP contribution < -0.4 is 9.64 Å². The molecule has 3 amide bonds. The molecule has 0 aromatic heterocycles. The van der Waals surface area contributed by atoms with Crippen LogP contribution in [0.3, 0.4) is 0 Å². The number of anilines is 1. The highest BCUT2D eigenvalue weighted by atomic mass is 35.5. The minimum absolute atomic E-state index is 0.137. The number of halogens is 1. The van der Waals surface area contributed by atoms with E-state index in [9.17, 15) is 14.4 Å². The van der Waals surface area contributed by atoms with E-state index in [1.165, 1.54) is 16.9 Å². The summed E-state index contributed by atoms with van der Waals surface area (Å²) in [6.45, 7) is -0.152. The van der Waals surface area contributed by atoms with Gasteiger partial charge in [-0.25, -0.2) is 0 Å². The molecule has 33 heavy (non-hydrogen) atoms. The van der Waals surface area contributed by atoms with Crippen LogP contribution in [0.25, 0.3) is 0 Å². The smallest absolute Gasteiger partial charge is 0.259 e. The van der Waals surface area contributed by atoms with E-state index in [4.69, 9.17) is 16.3 Å². The number of hydrogen-bond acceptors (Lipinski definition) is 4. The Morgan fingerprint density at radius 2 is 1.61 bits per heavy atom. The van der Waals surface area contributed by atoms with Gasteiger partial charge in [-0.2, -0.15) is 0 Å². The first kappa shape index (κ1) is 20.5. The van der Waals surface area contributed by atoms with Crippen LogP contribution in [0, 0.1) is 35.5 Å². The summed E-state index contributed by atoms with van der Waals surface area (Å²) in [5.74, 6) is 0.531. The summed E-state index contributed by atoms with van der Waals surface area (Å²) in [6, 6.07) is 13.7. The van der Waals surface area contributed by atoms with E-state index in [0.29, 0.717) is 33.9 Å². The zero-order chi connectivity index (χ0) is 22.9. The zero-order valence-corrected chi connectivity index (χ0v) is 18.8. The third kappa shape index (κ3) is 3.04. The lowest BCUT2D eigenvalue weighted by molar-refractivity contribution is -0.140. The summed E-state index contributed by atoms with van der Waals surface area (Å²) in [5, 5.41) is 0.519. The molecule has 2 saturated carbocycles. The molecule has 1 saturated heterocycles. The Hall–Kier alpha value is -3.12. The van der Waals surface area contributed by atoms with Gasteiger partial charge in [0.1, 0.15) is 12.4 Å². The van der Waals surface area contributed by atoms with Crippen LogP contribution >= 0.6 is 11.6 Å². The van der Waals surface area contributed by atoms with Crippen LogP contribution in [0.2, 0.25) is 5.02 Å². The van der Waals surface area contributed by atoms with Crippen LogP contribution in [0.5, 0.6) is 5.75 Å². The van der Waals surface area contributed by atoms with E-state index < -0.39 is 0 Å². The van der Waals surface area contributed by atoms with Gasteiger partial charge in [-0.15, -0.1) is 0 Å². The number of hydrogen-bond donors (Lipinski definition) is 0. The molecule has 1 heterocycles. The molecule has 2 bridgehead atoms. The molecule has 3 fully saturated rings. The van der Waals surface area contributed by atoms with E-state index in [-0.39, 0.29) is 48.1 Å². The highest BCUT2D eigenvalue weighted by Gasteiger charge is 2.67. The summed E-state index contributed by atoms with van der Waals surface area (Å²) in [7, 11) is 1.53. The Kier molecular flexibility index (Phi) is 4.63. The first-order valence-corrected chi connectivity index (χ1v) is 11.6. The topological polar surface area (TPSA) is 66.9 Å². The van der Waals surface area contributed by atoms with Crippen molar-refractivity contribution in [3.8, 4) is 5.75 Å². The third-order valence-electron chi connectivity index (χ3n) is 7.75. The Morgan fingerprint density at radius 1 is 1.00 bits per heavy atom. The van der Waals surface area contributed by atoms with Gasteiger partial charge in [0.2, 0.25) is 11.8 Å². The minimum atomic E-state index is -0.337. The van der Waals surface area contributed by atoms with E-state index in [0.717, 1.165) is 6.42 Å². The van der Waals surface area contributed by atoms with E-state index in [2.05, 4.69) is 12.2 Å². The van der Waals surface area contributed by atoms with Crippen molar-refractivity contribution in [2.45, 2.75) is 6.42 Å². The number of ether oxygens (including phenoxy) is 1. The fourth-order valence-electron chi connectivity index (χ4n) is 6.15. The number of methoxy groups -OCH3 is 1. The molecule has 0 spiro atoms. The standard InChI is InChI=1S/C26H23ClN2O4/c1-33-21-5-3-2-4-20(21)28(24(30)14-6-8-15(27)9-7-14)13-29-25(31)22-16-10-11-17(19-12-18(16)19)23(22)26(29)32/h2-11,16-19,22-23H,12-13H2,1H3/t16-,17-,18-,19-,22+,23+/m1/s1. The number of benzene rings is 2. The van der Waals surface area contributed by atoms with Crippen molar-refractivity contribution in [2.75, 3.05) is 18.7 Å². The van der Waals surface area contributed by atoms with Gasteiger partial charge in [0.05, 0.1) is 24.6 Å². The number of nitrogens with zero attached hydrogens (tertiary/aromatic N) is 2. The molecule has 7 rings (SSSR count). The number of rotatable bonds is 5. The molecular weight excluding hydrogens is 440 g/mol. The number of carbonyl (C=O) groups excluding carboxylic acids is 3. The quantitative estimate of drug-likeness (QED) is 0.497. The third-order valence-corrected chi connectivity index (χ3v) is 8.00. The fourth-order valence-corrected chi connectivity index (χ4v) is 6.28. The maximum Gasteiger partial charge on any atom is 0.259 e. The van der Waals surface area contributed by atoms with Crippen LogP contribution in [-0.4, -0.2) is 36.4 Å². The normalized spacial score (nSPS) is 30.8. The number of para-hydroxylation sites is 2. The van der Waals surface area contributed by atoms with Crippen LogP contribution in [-0.2, 0) is 9.59 Å². The highest BCUT2D eigenvalue weighted by Crippen LogP contribution is 2.65. The average molecular weight is 463 g/mol. The van der Waals surface area contributed by atoms with Crippen molar-refractivity contribution in [2.24, 2.45) is 35.5 Å². The molecule has 1 aliphatic heterocycles. The lowest BCUT2D eigenvalue weighted by Gasteiger charge is -2.37. The summed E-state index contributed by atoms with van der Waals surface area (Å²) >= 11 is 6.01. The van der Waals surface area contributed by atoms with Crippen molar-refractivity contribution < 1.29 is 19.1 Å². The van der Waals surface area contributed by atoms with Crippen molar-refractivity contribution in [1.29, 1.82) is 0 Å². The van der Waals surface area contributed by atoms with E-state index in [1.54, 1.807) is 42.5 Å². The Labute approximate surface area is 196 Å². The van der Waals surface area contributed by atoms with Gasteiger partial charge in [0, 0.05) is 10.6 Å². The Bertz CT molecular complexity index is 1160. The average Bonchev–Trinajstić information content (AvgIpc) is 3.62. The molecule has 0 radical (unpaired) electrons. The molecule has 2 aromatic rings. The predicted octanol–water partition coefficient (Wildman–Crippen LogP) is 4.01. The monoisotopic (exact) mass is 462 g/mol. The number of imide groups is 1. The predicted molar refractivity (Wildman–Crippen MR) is 123 cm³/mol. The molecule has 4 aliphatic carbocycles. The molecule has 0 N–H and O–H groups in total. The van der Waals surface area contributed by atoms with Crippen molar-refractivity contribution in [3.63, 3.8) is 0 Å². The lowest BCUT2D eigenvalue weighted by Crippen LogP contribution is -2.45. The molecule has 168 valence electrons. The van der Waals surface area contributed by atoms with Gasteiger partial charge >= 0.3 is 0 Å². The Balaban J connectivity index is 1.36. The Morgan fingerprint density at radius 3 is 2.21 bits per heavy atom. The van der Waals surface area contributed by atoms with Gasteiger partial charge < -0.3 is 4.74 Å². The number of amides is 3. The van der Waals surface area contributed by atoms with Gasteiger partial charge in [0.25, 0.3) is 5.91 Å². The highest BCUT2D eigenvalue weighted by molar-refractivity contribution is 6.30. The van der Waals surface area contributed by atoms with Crippen LogP contribution in [0.4, 0.5) is 5.69 Å². The molecule has 0 unspecified atom stereocenters. The number of allylic oxidation sites excluding steroid dienone is 2. The second kappa shape index (κ2) is 7.45. The molecule has 2 aromatic carbocycles. The van der Waals surface area contributed by atoms with Gasteiger partial charge in [0.15, 0.2) is 0 Å². The summed E-state index contributed by atoms with van der Waals surface area (Å²) in [6.07, 6.45) is 5.40. The maximum absolute atomic E-state index is 13.6. The first-order valence-electron chi connectivity index (χ1n) is 11.2. The molecule has 6 nitrogen and oxygen atoms in total. The summed E-state index contributed by atoms with van der Waals surface area (Å²) < 4.78 is 5.49. The maximum atomic E-state index is 13.6. The second-order valence-electron chi connectivity index (χ2n) is 9.31. The summed E-state index contributed by atoms with van der Waals surface area (Å²) in [5.41, 5.74) is 0.907. The molecule has 7 heteroatoms. The van der Waals surface area contributed by atoms with E-state index in [1.807, 2.05) is 6.07 Å². The van der Waals surface area contributed by atoms with Gasteiger partial charge in [-0.1, -0.05) is 35.9 Å². The summed E-state index contributed by atoms with van der Waals surface area (Å²) in [4.78, 5) is 43.4. The fraction of sp³-hybridized carbons (Fsp3) is 0.346.